The first kappa shape index (κ1) is 13.8. The molecule has 2 N–H and O–H groups in total. The predicted molar refractivity (Wildman–Crippen MR) is 75.0 cm³/mol. The molecule has 2 rings (SSSR count). The summed E-state index contributed by atoms with van der Waals surface area (Å²) in [5.74, 6) is -1.42. The van der Waals surface area contributed by atoms with Gasteiger partial charge in [-0.25, -0.2) is 4.79 Å². The van der Waals surface area contributed by atoms with Crippen molar-refractivity contribution in [1.29, 1.82) is 0 Å². The number of amides is 1. The van der Waals surface area contributed by atoms with Gasteiger partial charge in [0.05, 0.1) is 5.56 Å². The molecule has 0 fully saturated rings. The third kappa shape index (κ3) is 3.05. The van der Waals surface area contributed by atoms with Crippen LogP contribution in [0.5, 0.6) is 0 Å². The molecule has 1 amide bonds. The van der Waals surface area contributed by atoms with Gasteiger partial charge in [-0.3, -0.25) is 4.79 Å². The highest BCUT2D eigenvalue weighted by Gasteiger charge is 2.18. The van der Waals surface area contributed by atoms with Crippen molar-refractivity contribution < 1.29 is 19.1 Å². The molecule has 5 nitrogen and oxygen atoms in total. The number of furan rings is 1. The van der Waals surface area contributed by atoms with Crippen molar-refractivity contribution in [2.45, 2.75) is 13.3 Å². The first-order valence-corrected chi connectivity index (χ1v) is 7.05. The second-order valence-corrected chi connectivity index (χ2v) is 5.59. The molecule has 2 aromatic heterocycles. The van der Waals surface area contributed by atoms with Crippen molar-refractivity contribution in [2.24, 2.45) is 0 Å². The summed E-state index contributed by atoms with van der Waals surface area (Å²) in [5.41, 5.74) is 0.0980. The topological polar surface area (TPSA) is 79.5 Å². The third-order valence-electron chi connectivity index (χ3n) is 2.39. The van der Waals surface area contributed by atoms with Crippen molar-refractivity contribution in [3.63, 3.8) is 0 Å². The van der Waals surface area contributed by atoms with Gasteiger partial charge in [0.1, 0.15) is 5.00 Å². The summed E-state index contributed by atoms with van der Waals surface area (Å²) in [6, 6.07) is 4.67. The molecule has 0 aliphatic carbocycles. The van der Waals surface area contributed by atoms with Crippen LogP contribution in [-0.4, -0.2) is 17.0 Å². The molecule has 0 radical (unpaired) electrons. The van der Waals surface area contributed by atoms with Crippen molar-refractivity contribution in [3.8, 4) is 0 Å². The maximum Gasteiger partial charge on any atom is 0.338 e. The average molecular weight is 344 g/mol. The number of anilines is 1. The van der Waals surface area contributed by atoms with E-state index in [0.717, 1.165) is 4.88 Å². The number of carboxylic acid groups (broad SMARTS) is 1. The van der Waals surface area contributed by atoms with E-state index in [-0.39, 0.29) is 11.3 Å². The van der Waals surface area contributed by atoms with Crippen molar-refractivity contribution >= 4 is 44.1 Å². The monoisotopic (exact) mass is 343 g/mol. The van der Waals surface area contributed by atoms with E-state index < -0.39 is 11.9 Å². The van der Waals surface area contributed by atoms with Gasteiger partial charge in [-0.1, -0.05) is 6.92 Å². The lowest BCUT2D eigenvalue weighted by atomic mass is 10.2. The smallest absolute Gasteiger partial charge is 0.338 e. The maximum absolute atomic E-state index is 11.9. The van der Waals surface area contributed by atoms with Crippen LogP contribution in [-0.2, 0) is 6.42 Å². The number of rotatable bonds is 4. The maximum atomic E-state index is 11.9. The van der Waals surface area contributed by atoms with Crippen LogP contribution in [0.4, 0.5) is 5.00 Å². The molecular formula is C12H10BrNO4S. The second-order valence-electron chi connectivity index (χ2n) is 3.67. The molecule has 0 aliphatic heterocycles. The largest absolute Gasteiger partial charge is 0.478 e. The van der Waals surface area contributed by atoms with E-state index in [4.69, 9.17) is 9.52 Å². The highest BCUT2D eigenvalue weighted by molar-refractivity contribution is 9.10. The molecular weight excluding hydrogens is 334 g/mol. The van der Waals surface area contributed by atoms with Crippen LogP contribution >= 0.6 is 27.3 Å². The minimum Gasteiger partial charge on any atom is -0.478 e. The standard InChI is InChI=1S/C12H10BrNO4S/c1-2-6-5-7(12(16)17)11(19-6)14-10(15)8-3-4-9(13)18-8/h3-5H,2H2,1H3,(H,14,15)(H,16,17). The fourth-order valence-electron chi connectivity index (χ4n) is 1.47. The van der Waals surface area contributed by atoms with Crippen LogP contribution < -0.4 is 5.32 Å². The molecule has 7 heteroatoms. The van der Waals surface area contributed by atoms with Gasteiger partial charge in [-0.2, -0.15) is 0 Å². The average Bonchev–Trinajstić information content (AvgIpc) is 2.95. The number of thiophene rings is 1. The van der Waals surface area contributed by atoms with E-state index in [1.165, 1.54) is 17.4 Å². The highest BCUT2D eigenvalue weighted by Crippen LogP contribution is 2.29. The number of halogens is 1. The van der Waals surface area contributed by atoms with Crippen molar-refractivity contribution in [2.75, 3.05) is 5.32 Å². The number of hydrogen-bond acceptors (Lipinski definition) is 4. The van der Waals surface area contributed by atoms with Gasteiger partial charge in [0.15, 0.2) is 10.4 Å². The number of carbonyl (C=O) groups is 2. The Morgan fingerprint density at radius 2 is 2.21 bits per heavy atom. The molecule has 100 valence electrons. The fraction of sp³-hybridized carbons (Fsp3) is 0.167. The Labute approximate surface area is 121 Å². The number of hydrogen-bond donors (Lipinski definition) is 2. The Balaban J connectivity index is 2.25. The van der Waals surface area contributed by atoms with Gasteiger partial charge < -0.3 is 14.8 Å². The van der Waals surface area contributed by atoms with Gasteiger partial charge >= 0.3 is 5.97 Å². The SMILES string of the molecule is CCc1cc(C(=O)O)c(NC(=O)c2ccc(Br)o2)s1. The molecule has 0 spiro atoms. The molecule has 0 atom stereocenters. The molecule has 0 saturated heterocycles. The third-order valence-corrected chi connectivity index (χ3v) is 4.01. The number of carbonyl (C=O) groups excluding carboxylic acids is 1. The normalized spacial score (nSPS) is 10.4. The Kier molecular flexibility index (Phi) is 4.06. The van der Waals surface area contributed by atoms with E-state index in [1.807, 2.05) is 6.92 Å². The van der Waals surface area contributed by atoms with Gasteiger partial charge in [0, 0.05) is 4.88 Å². The summed E-state index contributed by atoms with van der Waals surface area (Å²) >= 11 is 4.35. The number of carboxylic acids is 1. The Morgan fingerprint density at radius 1 is 1.47 bits per heavy atom. The van der Waals surface area contributed by atoms with Crippen molar-refractivity contribution in [3.05, 3.63) is 39.1 Å². The fourth-order valence-corrected chi connectivity index (χ4v) is 2.76. The summed E-state index contributed by atoms with van der Waals surface area (Å²) in [4.78, 5) is 23.9. The second kappa shape index (κ2) is 5.58. The number of aryl methyl sites for hydroxylation is 1. The minimum atomic E-state index is -1.06. The summed E-state index contributed by atoms with van der Waals surface area (Å²) in [6.45, 7) is 1.92. The minimum absolute atomic E-state index is 0.0980. The predicted octanol–water partition coefficient (Wildman–Crippen LogP) is 3.62. The lowest BCUT2D eigenvalue weighted by Crippen LogP contribution is -2.12. The zero-order valence-corrected chi connectivity index (χ0v) is 12.3. The highest BCUT2D eigenvalue weighted by atomic mass is 79.9. The molecule has 0 aliphatic rings. The Hall–Kier alpha value is -1.60. The molecule has 0 aromatic carbocycles. The quantitative estimate of drug-likeness (QED) is 0.888. The number of aromatic carboxylic acids is 1. The molecule has 2 aromatic rings. The lowest BCUT2D eigenvalue weighted by molar-refractivity contribution is 0.0698. The van der Waals surface area contributed by atoms with Crippen LogP contribution in [0, 0.1) is 0 Å². The van der Waals surface area contributed by atoms with Gasteiger partial charge in [-0.15, -0.1) is 11.3 Å². The summed E-state index contributed by atoms with van der Waals surface area (Å²) in [5, 5.41) is 12.0. The Bertz CT molecular complexity index is 631. The van der Waals surface area contributed by atoms with Gasteiger partial charge in [0.25, 0.3) is 5.91 Å². The van der Waals surface area contributed by atoms with E-state index in [9.17, 15) is 9.59 Å². The van der Waals surface area contributed by atoms with Crippen LogP contribution in [0.2, 0.25) is 0 Å². The number of nitrogens with one attached hydrogen (secondary N) is 1. The van der Waals surface area contributed by atoms with Crippen LogP contribution in [0.1, 0.15) is 32.7 Å². The molecule has 19 heavy (non-hydrogen) atoms. The van der Waals surface area contributed by atoms with Crippen LogP contribution in [0.3, 0.4) is 0 Å². The molecule has 0 unspecified atom stereocenters. The molecule has 0 saturated carbocycles. The Morgan fingerprint density at radius 3 is 2.74 bits per heavy atom. The summed E-state index contributed by atoms with van der Waals surface area (Å²) < 4.78 is 5.55. The van der Waals surface area contributed by atoms with Gasteiger partial charge in [-0.05, 0) is 40.5 Å². The first-order valence-electron chi connectivity index (χ1n) is 5.44. The zero-order chi connectivity index (χ0) is 14.0. The molecule has 0 bridgehead atoms. The van der Waals surface area contributed by atoms with E-state index in [0.29, 0.717) is 16.1 Å². The van der Waals surface area contributed by atoms with Gasteiger partial charge in [0.2, 0.25) is 0 Å². The van der Waals surface area contributed by atoms with E-state index >= 15 is 0 Å². The molecule has 2 heterocycles. The first-order chi connectivity index (χ1) is 9.01. The summed E-state index contributed by atoms with van der Waals surface area (Å²) in [7, 11) is 0. The zero-order valence-electron chi connectivity index (χ0n) is 9.90. The van der Waals surface area contributed by atoms with Crippen molar-refractivity contribution in [1.82, 2.24) is 0 Å². The van der Waals surface area contributed by atoms with E-state index in [2.05, 4.69) is 21.2 Å². The van der Waals surface area contributed by atoms with Crippen LogP contribution in [0.25, 0.3) is 0 Å². The van der Waals surface area contributed by atoms with Crippen LogP contribution in [0.15, 0.2) is 27.3 Å². The van der Waals surface area contributed by atoms with E-state index in [1.54, 1.807) is 12.1 Å². The summed E-state index contributed by atoms with van der Waals surface area (Å²) in [6.07, 6.45) is 0.715. The lowest BCUT2D eigenvalue weighted by Gasteiger charge is -2.01.